The van der Waals surface area contributed by atoms with Crippen LogP contribution < -0.4 is 14.8 Å². The van der Waals surface area contributed by atoms with Gasteiger partial charge in [0.1, 0.15) is 11.5 Å². The quantitative estimate of drug-likeness (QED) is 0.684. The van der Waals surface area contributed by atoms with Gasteiger partial charge in [-0.1, -0.05) is 6.07 Å². The van der Waals surface area contributed by atoms with Crippen molar-refractivity contribution in [2.75, 3.05) is 27.4 Å². The van der Waals surface area contributed by atoms with E-state index in [1.54, 1.807) is 7.11 Å². The van der Waals surface area contributed by atoms with Gasteiger partial charge in [0.15, 0.2) is 0 Å². The molecule has 1 rings (SSSR count). The van der Waals surface area contributed by atoms with Gasteiger partial charge >= 0.3 is 0 Å². The third-order valence-corrected chi connectivity index (χ3v) is 2.20. The highest BCUT2D eigenvalue weighted by atomic mass is 16.5. The summed E-state index contributed by atoms with van der Waals surface area (Å²) in [5.74, 6) is 1.58. The van der Waals surface area contributed by atoms with Crippen LogP contribution >= 0.6 is 0 Å². The molecule has 0 atom stereocenters. The highest BCUT2D eigenvalue weighted by Gasteiger charge is 2.04. The molecule has 0 aliphatic rings. The van der Waals surface area contributed by atoms with Crippen molar-refractivity contribution in [2.45, 2.75) is 13.0 Å². The number of hydrogen-bond donors (Lipinski definition) is 2. The van der Waals surface area contributed by atoms with Gasteiger partial charge in [-0.2, -0.15) is 0 Å². The fraction of sp³-hybridized carbons (Fsp3) is 0.500. The average molecular weight is 225 g/mol. The fourth-order valence-corrected chi connectivity index (χ4v) is 1.38. The topological polar surface area (TPSA) is 50.7 Å². The smallest absolute Gasteiger partial charge is 0.127 e. The first-order chi connectivity index (χ1) is 7.81. The van der Waals surface area contributed by atoms with Crippen molar-refractivity contribution in [2.24, 2.45) is 0 Å². The van der Waals surface area contributed by atoms with Crippen LogP contribution in [0, 0.1) is 0 Å². The Morgan fingerprint density at radius 1 is 1.38 bits per heavy atom. The molecular formula is C12H19NO3. The Balaban J connectivity index is 2.74. The lowest BCUT2D eigenvalue weighted by atomic mass is 10.2. The summed E-state index contributed by atoms with van der Waals surface area (Å²) in [6.07, 6.45) is 0.635. The van der Waals surface area contributed by atoms with Gasteiger partial charge in [0.25, 0.3) is 0 Å². The number of rotatable bonds is 7. The Labute approximate surface area is 96.2 Å². The monoisotopic (exact) mass is 225 g/mol. The Morgan fingerprint density at radius 2 is 2.19 bits per heavy atom. The number of methoxy groups -OCH3 is 1. The number of hydrogen-bond acceptors (Lipinski definition) is 4. The molecular weight excluding hydrogens is 206 g/mol. The van der Waals surface area contributed by atoms with Crippen molar-refractivity contribution in [1.29, 1.82) is 0 Å². The summed E-state index contributed by atoms with van der Waals surface area (Å²) < 4.78 is 10.7. The lowest BCUT2D eigenvalue weighted by molar-refractivity contribution is 0.232. The maximum absolute atomic E-state index is 8.70. The number of ether oxygens (including phenoxy) is 2. The Bertz CT molecular complexity index is 315. The third kappa shape index (κ3) is 3.72. The van der Waals surface area contributed by atoms with Crippen molar-refractivity contribution in [3.63, 3.8) is 0 Å². The summed E-state index contributed by atoms with van der Waals surface area (Å²) in [6.45, 7) is 1.41. The maximum atomic E-state index is 8.70. The number of aliphatic hydroxyl groups excluding tert-OH is 1. The van der Waals surface area contributed by atoms with E-state index in [4.69, 9.17) is 14.6 Å². The molecule has 2 N–H and O–H groups in total. The van der Waals surface area contributed by atoms with E-state index in [0.717, 1.165) is 23.6 Å². The first-order valence-electron chi connectivity index (χ1n) is 5.37. The molecule has 0 aliphatic heterocycles. The lowest BCUT2D eigenvalue weighted by Gasteiger charge is -2.12. The lowest BCUT2D eigenvalue weighted by Crippen LogP contribution is -2.08. The average Bonchev–Trinajstić information content (AvgIpc) is 2.31. The molecule has 4 nitrogen and oxygen atoms in total. The molecule has 0 spiro atoms. The van der Waals surface area contributed by atoms with Crippen molar-refractivity contribution < 1.29 is 14.6 Å². The maximum Gasteiger partial charge on any atom is 0.127 e. The molecule has 90 valence electrons. The predicted molar refractivity (Wildman–Crippen MR) is 63.0 cm³/mol. The van der Waals surface area contributed by atoms with Crippen LogP contribution in [0.3, 0.4) is 0 Å². The molecule has 0 radical (unpaired) electrons. The zero-order valence-electron chi connectivity index (χ0n) is 9.82. The summed E-state index contributed by atoms with van der Waals surface area (Å²) in [5.41, 5.74) is 1.08. The molecule has 0 unspecified atom stereocenters. The van der Waals surface area contributed by atoms with E-state index >= 15 is 0 Å². The van der Waals surface area contributed by atoms with E-state index in [9.17, 15) is 0 Å². The van der Waals surface area contributed by atoms with Gasteiger partial charge in [0, 0.05) is 31.2 Å². The molecule has 4 heteroatoms. The first-order valence-corrected chi connectivity index (χ1v) is 5.37. The standard InChI is InChI=1S/C12H19NO3/c1-13-9-10-4-5-11(15-2)8-12(10)16-7-3-6-14/h4-5,8,13-14H,3,6-7,9H2,1-2H3. The van der Waals surface area contributed by atoms with Gasteiger partial charge in [0.05, 0.1) is 13.7 Å². The van der Waals surface area contributed by atoms with Crippen molar-refractivity contribution in [3.05, 3.63) is 23.8 Å². The fourth-order valence-electron chi connectivity index (χ4n) is 1.38. The van der Waals surface area contributed by atoms with Crippen LogP contribution in [-0.4, -0.2) is 32.5 Å². The van der Waals surface area contributed by atoms with Crippen LogP contribution in [0.25, 0.3) is 0 Å². The molecule has 0 aromatic heterocycles. The van der Waals surface area contributed by atoms with Crippen molar-refractivity contribution in [3.8, 4) is 11.5 Å². The van der Waals surface area contributed by atoms with E-state index in [1.807, 2.05) is 25.2 Å². The van der Waals surface area contributed by atoms with Gasteiger partial charge in [-0.3, -0.25) is 0 Å². The number of aliphatic hydroxyl groups is 1. The van der Waals surface area contributed by atoms with Crippen molar-refractivity contribution in [1.82, 2.24) is 5.32 Å². The largest absolute Gasteiger partial charge is 0.497 e. The molecule has 0 saturated carbocycles. The van der Waals surface area contributed by atoms with Gasteiger partial charge < -0.3 is 19.9 Å². The second kappa shape index (κ2) is 7.09. The summed E-state index contributed by atoms with van der Waals surface area (Å²) in [6, 6.07) is 5.75. The van der Waals surface area contributed by atoms with Gasteiger partial charge in [0.2, 0.25) is 0 Å². The summed E-state index contributed by atoms with van der Waals surface area (Å²) in [5, 5.41) is 11.8. The SMILES string of the molecule is CNCc1ccc(OC)cc1OCCCO. The van der Waals surface area contributed by atoms with Crippen LogP contribution in [0.15, 0.2) is 18.2 Å². The van der Waals surface area contributed by atoms with E-state index in [2.05, 4.69) is 5.32 Å². The van der Waals surface area contributed by atoms with Crippen LogP contribution in [0.1, 0.15) is 12.0 Å². The summed E-state index contributed by atoms with van der Waals surface area (Å²) in [7, 11) is 3.52. The van der Waals surface area contributed by atoms with Gasteiger partial charge in [-0.15, -0.1) is 0 Å². The minimum absolute atomic E-state index is 0.144. The molecule has 0 aliphatic carbocycles. The molecule has 0 bridgehead atoms. The second-order valence-electron chi connectivity index (χ2n) is 3.43. The molecule has 0 amide bonds. The van der Waals surface area contributed by atoms with Crippen molar-refractivity contribution >= 4 is 0 Å². The second-order valence-corrected chi connectivity index (χ2v) is 3.43. The van der Waals surface area contributed by atoms with Crippen LogP contribution in [-0.2, 0) is 6.54 Å². The van der Waals surface area contributed by atoms with E-state index < -0.39 is 0 Å². The predicted octanol–water partition coefficient (Wildman–Crippen LogP) is 1.18. The number of nitrogens with one attached hydrogen (secondary N) is 1. The molecule has 0 fully saturated rings. The van der Waals surface area contributed by atoms with Crippen LogP contribution in [0.2, 0.25) is 0 Å². The molecule has 0 saturated heterocycles. The molecule has 16 heavy (non-hydrogen) atoms. The van der Waals surface area contributed by atoms with Crippen LogP contribution in [0.5, 0.6) is 11.5 Å². The normalized spacial score (nSPS) is 10.2. The highest BCUT2D eigenvalue weighted by Crippen LogP contribution is 2.24. The number of benzene rings is 1. The third-order valence-electron chi connectivity index (χ3n) is 2.20. The minimum Gasteiger partial charge on any atom is -0.497 e. The Hall–Kier alpha value is -1.26. The van der Waals surface area contributed by atoms with E-state index in [0.29, 0.717) is 13.0 Å². The van der Waals surface area contributed by atoms with E-state index in [1.165, 1.54) is 0 Å². The minimum atomic E-state index is 0.144. The Kier molecular flexibility index (Phi) is 5.67. The first kappa shape index (κ1) is 12.8. The van der Waals surface area contributed by atoms with Gasteiger partial charge in [-0.05, 0) is 13.1 Å². The highest BCUT2D eigenvalue weighted by molar-refractivity contribution is 5.40. The zero-order chi connectivity index (χ0) is 11.8. The summed E-state index contributed by atoms with van der Waals surface area (Å²) in [4.78, 5) is 0. The zero-order valence-corrected chi connectivity index (χ0v) is 9.82. The molecule has 0 heterocycles. The van der Waals surface area contributed by atoms with Gasteiger partial charge in [-0.25, -0.2) is 0 Å². The molecule has 1 aromatic rings. The van der Waals surface area contributed by atoms with E-state index in [-0.39, 0.29) is 6.61 Å². The molecule has 1 aromatic carbocycles. The van der Waals surface area contributed by atoms with Crippen LogP contribution in [0.4, 0.5) is 0 Å². The Morgan fingerprint density at radius 3 is 2.81 bits per heavy atom. The summed E-state index contributed by atoms with van der Waals surface area (Å²) >= 11 is 0.